The first-order chi connectivity index (χ1) is 30.9. The van der Waals surface area contributed by atoms with Crippen molar-refractivity contribution in [3.8, 4) is 0 Å². The highest BCUT2D eigenvalue weighted by Crippen LogP contribution is 2.36. The van der Waals surface area contributed by atoms with Gasteiger partial charge in [0, 0.05) is 17.8 Å². The molecule has 0 heterocycles. The van der Waals surface area contributed by atoms with Gasteiger partial charge in [-0.1, -0.05) is 279 Å². The number of unbranched alkanes of at least 4 members (excludes halogenated alkanes) is 3. The number of hydrogen-bond donors (Lipinski definition) is 0. The summed E-state index contributed by atoms with van der Waals surface area (Å²) >= 11 is 0. The van der Waals surface area contributed by atoms with Crippen LogP contribution in [-0.4, -0.2) is 24.7 Å². The molecular weight excluding hydrogens is 889 g/mol. The summed E-state index contributed by atoms with van der Waals surface area (Å²) in [7, 11) is 0. The highest BCUT2D eigenvalue weighted by Gasteiger charge is 2.43. The third kappa shape index (κ3) is 210. The molecule has 0 nitrogen and oxygen atoms in total. The number of halogens is 12. The molecule has 2 atom stereocenters. The van der Waals surface area contributed by atoms with Gasteiger partial charge in [-0.2, -0.15) is 52.7 Å². The van der Waals surface area contributed by atoms with Gasteiger partial charge in [-0.3, -0.25) is 0 Å². The minimum absolute atomic E-state index is 0.170. The molecule has 0 aliphatic heterocycles. The van der Waals surface area contributed by atoms with Crippen molar-refractivity contribution in [3.05, 3.63) is 0 Å². The Bertz CT molecular complexity index is 862. The summed E-state index contributed by atoms with van der Waals surface area (Å²) < 4.78 is 165. The molecule has 428 valence electrons. The van der Waals surface area contributed by atoms with Crippen molar-refractivity contribution in [2.75, 3.05) is 0 Å². The third-order valence-electron chi connectivity index (χ3n) is 6.33. The van der Waals surface area contributed by atoms with E-state index in [1.807, 2.05) is 62.3 Å². The summed E-state index contributed by atoms with van der Waals surface area (Å²) in [5.41, 5.74) is -1.56. The summed E-state index contributed by atoms with van der Waals surface area (Å²) in [6.07, 6.45) is -7.00. The van der Waals surface area contributed by atoms with Crippen LogP contribution in [0.25, 0.3) is 0 Å². The smallest absolute Gasteiger partial charge is 0.171 e. The van der Waals surface area contributed by atoms with Crippen LogP contribution in [0.3, 0.4) is 0 Å². The molecule has 0 aliphatic carbocycles. The third-order valence-corrected chi connectivity index (χ3v) is 6.33. The molecule has 67 heavy (non-hydrogen) atoms. The van der Waals surface area contributed by atoms with Crippen LogP contribution >= 0.6 is 0 Å². The molecule has 0 aromatic heterocycles. The predicted octanol–water partition coefficient (Wildman–Crippen LogP) is 25.7. The van der Waals surface area contributed by atoms with Crippen LogP contribution in [0.4, 0.5) is 52.7 Å². The molecule has 0 saturated heterocycles. The van der Waals surface area contributed by atoms with Crippen molar-refractivity contribution in [1.29, 1.82) is 0 Å². The van der Waals surface area contributed by atoms with Gasteiger partial charge in [0.1, 0.15) is 0 Å². The Morgan fingerprint density at radius 2 is 0.642 bits per heavy atom. The lowest BCUT2D eigenvalue weighted by atomic mass is 9.96. The Balaban J connectivity index is -0.0000000473. The highest BCUT2D eigenvalue weighted by atomic mass is 19.4. The van der Waals surface area contributed by atoms with Crippen molar-refractivity contribution in [2.45, 2.75) is 316 Å². The number of alkyl halides is 12. The summed E-state index contributed by atoms with van der Waals surface area (Å²) in [5, 5.41) is 0. The molecule has 0 amide bonds. The van der Waals surface area contributed by atoms with Gasteiger partial charge in [0.15, 0.2) is 0 Å². The van der Waals surface area contributed by atoms with Crippen LogP contribution in [0, 0.1) is 46.8 Å². The van der Waals surface area contributed by atoms with Gasteiger partial charge >= 0.3 is 24.7 Å². The first-order valence-electron chi connectivity index (χ1n) is 27.2. The minimum Gasteiger partial charge on any atom is -0.171 e. The van der Waals surface area contributed by atoms with Crippen LogP contribution in [0.2, 0.25) is 0 Å². The van der Waals surface area contributed by atoms with Gasteiger partial charge < -0.3 is 0 Å². The van der Waals surface area contributed by atoms with Gasteiger partial charge in [-0.25, -0.2) is 0 Å². The SMILES string of the molecule is CC.CC(C)(C)C(F)(F)F.CC(C)C.CC(C)C(F)(F)F.CCC.CCC(C)C.CCC(C)C(F)(F)F.CCCC.CCCCC.CC[C@H](C)CC(F)(F)F.[2H]C(C)(C)C.[2H]C(C)(C)C.[2H]C([2H])(C)CC. The van der Waals surface area contributed by atoms with E-state index < -0.39 is 54.7 Å². The molecule has 0 N–H and O–H groups in total. The van der Waals surface area contributed by atoms with Crippen molar-refractivity contribution < 1.29 is 58.2 Å². The summed E-state index contributed by atoms with van der Waals surface area (Å²) in [6, 6.07) is 0. The molecular formula is C55H124F12. The van der Waals surface area contributed by atoms with Crippen molar-refractivity contribution in [1.82, 2.24) is 0 Å². The van der Waals surface area contributed by atoms with Gasteiger partial charge in [0.2, 0.25) is 0 Å². The van der Waals surface area contributed by atoms with E-state index in [0.717, 1.165) is 46.5 Å². The van der Waals surface area contributed by atoms with E-state index >= 15 is 0 Å². The van der Waals surface area contributed by atoms with Gasteiger partial charge in [0.05, 0.1) is 11.3 Å². The first kappa shape index (κ1) is 86.0. The lowest BCUT2D eigenvalue weighted by molar-refractivity contribution is -0.204. The van der Waals surface area contributed by atoms with E-state index in [9.17, 15) is 52.7 Å². The molecule has 0 aromatic rings. The fourth-order valence-corrected chi connectivity index (χ4v) is 1.12. The second kappa shape index (κ2) is 69.4. The zero-order valence-corrected chi connectivity index (χ0v) is 50.2. The van der Waals surface area contributed by atoms with E-state index in [1.54, 1.807) is 20.8 Å². The molecule has 0 fully saturated rings. The average Bonchev–Trinajstić information content (AvgIpc) is 3.13. The first-order valence-corrected chi connectivity index (χ1v) is 25.2. The molecule has 1 unspecified atom stereocenters. The van der Waals surface area contributed by atoms with Crippen LogP contribution in [0.1, 0.15) is 297 Å². The minimum atomic E-state index is -4.06. The van der Waals surface area contributed by atoms with Crippen LogP contribution < -0.4 is 0 Å². The normalized spacial score (nSPS) is 12.7. The second-order valence-electron chi connectivity index (χ2n) is 18.9. The Morgan fingerprint density at radius 3 is 0.657 bits per heavy atom. The van der Waals surface area contributed by atoms with Crippen LogP contribution in [0.5, 0.6) is 0 Å². The standard InChI is InChI=1S/C6H11F3.2C5H9F3.2C5H12.C4H7F3.5C4H10.C3H8.C2H6/c1-3-5(2)4-6(7,8)9;1-4(2,3)5(6,7)8;1-3-4(2)5(6,7)8;1-4-5(2)3;1-3-5-4-2;1-3(2)4(5,6)7;3*1-4(2)3;2*1-3-4-2;1-3-2;1-2/h5H,3-4H2,1-2H3;1-3H3;4H,3H2,1-2H3;5H,4H2,1-3H3;3-5H2,1-2H3;3H,1-2H3;3*4H,1-3H3;2*3-4H2,1-2H3;3H2,1-2H3;1-2H3/t5-;;;;;;;;;;;;/m0............/s1/i;;;;;;2*4D;;3D2;;;. The summed E-state index contributed by atoms with van der Waals surface area (Å²) in [4.78, 5) is 0. The maximum absolute atomic E-state index is 11.6. The van der Waals surface area contributed by atoms with E-state index in [4.69, 9.17) is 5.48 Å². The van der Waals surface area contributed by atoms with Crippen LogP contribution in [0.15, 0.2) is 0 Å². The van der Waals surface area contributed by atoms with Crippen molar-refractivity contribution in [3.63, 3.8) is 0 Å². The van der Waals surface area contributed by atoms with Crippen molar-refractivity contribution in [2.24, 2.45) is 46.8 Å². The quantitative estimate of drug-likeness (QED) is 0.213. The molecule has 0 saturated carbocycles. The Morgan fingerprint density at radius 1 is 0.433 bits per heavy atom. The van der Waals surface area contributed by atoms with E-state index in [2.05, 4.69) is 83.1 Å². The predicted molar refractivity (Wildman–Crippen MR) is 282 cm³/mol. The highest BCUT2D eigenvalue weighted by molar-refractivity contribution is 4.70. The lowest BCUT2D eigenvalue weighted by Gasteiger charge is -2.21. The van der Waals surface area contributed by atoms with Gasteiger partial charge in [0.25, 0.3) is 0 Å². The maximum Gasteiger partial charge on any atom is 0.393 e. The number of rotatable bonds is 8. The largest absolute Gasteiger partial charge is 0.393 e. The van der Waals surface area contributed by atoms with Gasteiger partial charge in [-0.05, 0) is 36.0 Å². The zero-order valence-electron chi connectivity index (χ0n) is 54.2. The average molecular weight is 1020 g/mol. The summed E-state index contributed by atoms with van der Waals surface area (Å²) in [5.74, 6) is -1.37. The molecule has 0 aliphatic rings. The molecule has 0 aromatic carbocycles. The topological polar surface area (TPSA) is 0 Å². The second-order valence-corrected chi connectivity index (χ2v) is 18.9. The van der Waals surface area contributed by atoms with E-state index in [-0.39, 0.29) is 24.1 Å². The zero-order chi connectivity index (χ0) is 61.7. The van der Waals surface area contributed by atoms with Gasteiger partial charge in [-0.15, -0.1) is 0 Å². The van der Waals surface area contributed by atoms with E-state index in [0.29, 0.717) is 12.8 Å². The Labute approximate surface area is 420 Å². The Kier molecular flexibility index (Phi) is 89.1. The molecule has 0 rings (SSSR count). The molecule has 0 spiro atoms. The van der Waals surface area contributed by atoms with Crippen LogP contribution in [-0.2, 0) is 0 Å². The number of hydrogen-bond acceptors (Lipinski definition) is 0. The molecule has 0 radical (unpaired) electrons. The lowest BCUT2D eigenvalue weighted by Crippen LogP contribution is -2.28. The fourth-order valence-electron chi connectivity index (χ4n) is 1.12. The van der Waals surface area contributed by atoms with E-state index in [1.165, 1.54) is 58.8 Å². The fraction of sp³-hybridized carbons (Fsp3) is 1.00. The Hall–Kier alpha value is -0.840. The monoisotopic (exact) mass is 1020 g/mol. The molecule has 12 heteroatoms. The van der Waals surface area contributed by atoms with Crippen molar-refractivity contribution >= 4 is 0 Å². The maximum atomic E-state index is 11.6. The molecule has 0 bridgehead atoms. The summed E-state index contributed by atoms with van der Waals surface area (Å²) in [6.45, 7) is 56.5.